The predicted molar refractivity (Wildman–Crippen MR) is 102 cm³/mol. The number of likely N-dealkylation sites (tertiary alicyclic amines) is 1. The Labute approximate surface area is 166 Å². The minimum absolute atomic E-state index is 0.0475. The summed E-state index contributed by atoms with van der Waals surface area (Å²) in [6.45, 7) is 0. The van der Waals surface area contributed by atoms with Crippen LogP contribution in [0.2, 0.25) is 0 Å². The molecule has 4 heterocycles. The lowest BCUT2D eigenvalue weighted by Crippen LogP contribution is -2.54. The summed E-state index contributed by atoms with van der Waals surface area (Å²) in [5.41, 5.74) is 1.51. The van der Waals surface area contributed by atoms with Crippen LogP contribution in [0.15, 0.2) is 33.9 Å². The Kier molecular flexibility index (Phi) is 4.38. The first-order valence-electron chi connectivity index (χ1n) is 9.74. The monoisotopic (exact) mass is 399 g/mol. The van der Waals surface area contributed by atoms with Gasteiger partial charge in [0, 0.05) is 31.0 Å². The zero-order valence-electron chi connectivity index (χ0n) is 15.4. The summed E-state index contributed by atoms with van der Waals surface area (Å²) in [5.74, 6) is 0.255. The van der Waals surface area contributed by atoms with Crippen LogP contribution in [0, 0.1) is 0 Å². The number of imide groups is 1. The van der Waals surface area contributed by atoms with Gasteiger partial charge in [0.1, 0.15) is 5.52 Å². The van der Waals surface area contributed by atoms with Gasteiger partial charge >= 0.3 is 0 Å². The maximum absolute atomic E-state index is 12.9. The maximum atomic E-state index is 12.9. The first-order chi connectivity index (χ1) is 13.6. The third-order valence-corrected chi connectivity index (χ3v) is 6.86. The van der Waals surface area contributed by atoms with Gasteiger partial charge in [-0.25, -0.2) is 4.98 Å². The smallest absolute Gasteiger partial charge is 0.257 e. The van der Waals surface area contributed by atoms with Gasteiger partial charge in [0.2, 0.25) is 17.7 Å². The van der Waals surface area contributed by atoms with E-state index in [1.165, 1.54) is 16.7 Å². The van der Waals surface area contributed by atoms with Crippen LogP contribution in [0.1, 0.15) is 38.5 Å². The van der Waals surface area contributed by atoms with E-state index in [0.717, 1.165) is 23.9 Å². The number of amides is 3. The molecule has 1 aromatic heterocycles. The molecule has 0 radical (unpaired) electrons. The highest BCUT2D eigenvalue weighted by molar-refractivity contribution is 7.99. The first kappa shape index (κ1) is 17.7. The number of rotatable bonds is 4. The Balaban J connectivity index is 1.24. The summed E-state index contributed by atoms with van der Waals surface area (Å²) in [6, 6.07) is 7.72. The second-order valence-corrected chi connectivity index (χ2v) is 8.63. The minimum atomic E-state index is -0.0549. The largest absolute Gasteiger partial charge is 0.431 e. The number of fused-ring (bicyclic) bond motifs is 3. The van der Waals surface area contributed by atoms with Crippen LogP contribution in [-0.4, -0.2) is 56.4 Å². The zero-order valence-corrected chi connectivity index (χ0v) is 16.2. The molecule has 3 aliphatic heterocycles. The first-order valence-corrected chi connectivity index (χ1v) is 10.7. The number of piperidine rings is 1. The molecule has 8 heteroatoms. The van der Waals surface area contributed by atoms with Crippen molar-refractivity contribution in [2.24, 2.45) is 0 Å². The summed E-state index contributed by atoms with van der Waals surface area (Å²) >= 11 is 1.32. The Morgan fingerprint density at radius 2 is 1.75 bits per heavy atom. The molecule has 0 spiro atoms. The number of hydrogen-bond acceptors (Lipinski definition) is 6. The van der Waals surface area contributed by atoms with Crippen LogP contribution in [-0.2, 0) is 14.4 Å². The Morgan fingerprint density at radius 1 is 1.07 bits per heavy atom. The van der Waals surface area contributed by atoms with Crippen LogP contribution in [0.4, 0.5) is 0 Å². The Morgan fingerprint density at radius 3 is 2.43 bits per heavy atom. The molecule has 3 amide bonds. The molecule has 2 unspecified atom stereocenters. The van der Waals surface area contributed by atoms with E-state index in [1.54, 1.807) is 0 Å². The number of thioether (sulfide) groups is 1. The van der Waals surface area contributed by atoms with Crippen molar-refractivity contribution in [3.05, 3.63) is 24.3 Å². The van der Waals surface area contributed by atoms with E-state index in [9.17, 15) is 14.4 Å². The number of benzene rings is 1. The van der Waals surface area contributed by atoms with Gasteiger partial charge in [-0.05, 0) is 37.8 Å². The second kappa shape index (κ2) is 6.92. The van der Waals surface area contributed by atoms with E-state index in [0.29, 0.717) is 30.9 Å². The molecule has 28 heavy (non-hydrogen) atoms. The van der Waals surface area contributed by atoms with E-state index < -0.39 is 0 Å². The maximum Gasteiger partial charge on any atom is 0.257 e. The lowest BCUT2D eigenvalue weighted by atomic mass is 9.96. The van der Waals surface area contributed by atoms with Gasteiger partial charge in [0.25, 0.3) is 5.22 Å². The standard InChI is InChI=1S/C20H21N3O4S/c24-17-7-8-18(25)23(17)14-9-12-5-6-13(10-14)22(12)19(26)11-28-20-21-15-3-1-2-4-16(15)27-20/h1-4,12-14H,5-11H2. The SMILES string of the molecule is O=C1CCC(=O)N1C1CC2CCC(C1)N2C(=O)CSc1nc2ccccc2o1. The van der Waals surface area contributed by atoms with Gasteiger partial charge in [0.15, 0.2) is 5.58 Å². The molecule has 3 aliphatic rings. The number of nitrogens with zero attached hydrogens (tertiary/aromatic N) is 3. The molecule has 2 atom stereocenters. The van der Waals surface area contributed by atoms with Crippen molar-refractivity contribution < 1.29 is 18.8 Å². The molecule has 3 fully saturated rings. The molecule has 5 rings (SSSR count). The third-order valence-electron chi connectivity index (χ3n) is 6.04. The van der Waals surface area contributed by atoms with Crippen molar-refractivity contribution in [2.75, 3.05) is 5.75 Å². The molecule has 7 nitrogen and oxygen atoms in total. The number of carbonyl (C=O) groups excluding carboxylic acids is 3. The van der Waals surface area contributed by atoms with E-state index in [-0.39, 0.29) is 41.6 Å². The van der Waals surface area contributed by atoms with E-state index >= 15 is 0 Å². The van der Waals surface area contributed by atoms with Crippen molar-refractivity contribution in [3.63, 3.8) is 0 Å². The van der Waals surface area contributed by atoms with Crippen LogP contribution in [0.3, 0.4) is 0 Å². The lowest BCUT2D eigenvalue weighted by Gasteiger charge is -2.41. The van der Waals surface area contributed by atoms with Gasteiger partial charge in [-0.2, -0.15) is 0 Å². The number of oxazole rings is 1. The number of hydrogen-bond donors (Lipinski definition) is 0. The van der Waals surface area contributed by atoms with Crippen molar-refractivity contribution in [1.29, 1.82) is 0 Å². The highest BCUT2D eigenvalue weighted by atomic mass is 32.2. The number of aromatic nitrogens is 1. The summed E-state index contributed by atoms with van der Waals surface area (Å²) in [4.78, 5) is 44.9. The minimum Gasteiger partial charge on any atom is -0.431 e. The van der Waals surface area contributed by atoms with Crippen molar-refractivity contribution in [3.8, 4) is 0 Å². The van der Waals surface area contributed by atoms with Crippen LogP contribution < -0.4 is 0 Å². The quantitative estimate of drug-likeness (QED) is 0.580. The molecular formula is C20H21N3O4S. The normalized spacial score (nSPS) is 27.2. The summed E-state index contributed by atoms with van der Waals surface area (Å²) in [6.07, 6.45) is 3.94. The average Bonchev–Trinajstić information content (AvgIpc) is 3.33. The topological polar surface area (TPSA) is 83.7 Å². The molecular weight excluding hydrogens is 378 g/mol. The van der Waals surface area contributed by atoms with E-state index in [2.05, 4.69) is 4.98 Å². The van der Waals surface area contributed by atoms with Gasteiger partial charge in [-0.3, -0.25) is 19.3 Å². The van der Waals surface area contributed by atoms with E-state index in [4.69, 9.17) is 4.42 Å². The summed E-state index contributed by atoms with van der Waals surface area (Å²) in [5, 5.41) is 0.505. The fourth-order valence-corrected chi connectivity index (χ4v) is 5.59. The molecule has 0 saturated carbocycles. The van der Waals surface area contributed by atoms with Crippen molar-refractivity contribution in [1.82, 2.24) is 14.8 Å². The van der Waals surface area contributed by atoms with E-state index in [1.807, 2.05) is 29.2 Å². The molecule has 3 saturated heterocycles. The van der Waals surface area contributed by atoms with Gasteiger partial charge in [0.05, 0.1) is 5.75 Å². The molecule has 2 aromatic rings. The zero-order chi connectivity index (χ0) is 19.3. The third kappa shape index (κ3) is 2.99. The second-order valence-electron chi connectivity index (χ2n) is 7.70. The molecule has 0 aliphatic carbocycles. The average molecular weight is 399 g/mol. The summed E-state index contributed by atoms with van der Waals surface area (Å²) in [7, 11) is 0. The molecule has 1 aromatic carbocycles. The Hall–Kier alpha value is -2.35. The van der Waals surface area contributed by atoms with Gasteiger partial charge in [-0.1, -0.05) is 23.9 Å². The number of para-hydroxylation sites is 2. The molecule has 0 N–H and O–H groups in total. The Bertz CT molecular complexity index is 895. The highest BCUT2D eigenvalue weighted by Gasteiger charge is 2.47. The molecule has 2 bridgehead atoms. The van der Waals surface area contributed by atoms with Crippen LogP contribution in [0.25, 0.3) is 11.1 Å². The lowest BCUT2D eigenvalue weighted by molar-refractivity contribution is -0.144. The predicted octanol–water partition coefficient (Wildman–Crippen LogP) is 2.59. The fourth-order valence-electron chi connectivity index (χ4n) is 4.88. The summed E-state index contributed by atoms with van der Waals surface area (Å²) < 4.78 is 5.68. The van der Waals surface area contributed by atoms with Gasteiger partial charge in [-0.15, -0.1) is 0 Å². The van der Waals surface area contributed by atoms with Crippen molar-refractivity contribution in [2.45, 2.75) is 61.9 Å². The van der Waals surface area contributed by atoms with Gasteiger partial charge < -0.3 is 9.32 Å². The van der Waals surface area contributed by atoms with Crippen LogP contribution >= 0.6 is 11.8 Å². The van der Waals surface area contributed by atoms with Crippen molar-refractivity contribution >= 4 is 40.6 Å². The fraction of sp³-hybridized carbons (Fsp3) is 0.500. The molecule has 146 valence electrons. The number of carbonyl (C=O) groups is 3. The highest BCUT2D eigenvalue weighted by Crippen LogP contribution is 2.39. The van der Waals surface area contributed by atoms with Crippen LogP contribution in [0.5, 0.6) is 0 Å².